The van der Waals surface area contributed by atoms with Crippen molar-refractivity contribution in [2.45, 2.75) is 39.5 Å². The predicted molar refractivity (Wildman–Crippen MR) is 105 cm³/mol. The van der Waals surface area contributed by atoms with Crippen molar-refractivity contribution in [2.24, 2.45) is 0 Å². The molecule has 2 aromatic rings. The zero-order chi connectivity index (χ0) is 17.6. The maximum atomic E-state index is 5.93. The lowest BCUT2D eigenvalue weighted by Crippen LogP contribution is -2.21. The van der Waals surface area contributed by atoms with Gasteiger partial charge >= 0.3 is 0 Å². The third-order valence-electron chi connectivity index (χ3n) is 5.03. The van der Waals surface area contributed by atoms with E-state index in [-0.39, 0.29) is 0 Å². The van der Waals surface area contributed by atoms with Gasteiger partial charge in [0.25, 0.3) is 0 Å². The summed E-state index contributed by atoms with van der Waals surface area (Å²) in [6.45, 7) is 8.90. The quantitative estimate of drug-likeness (QED) is 0.754. The summed E-state index contributed by atoms with van der Waals surface area (Å²) in [5.74, 6) is 1.13. The van der Waals surface area contributed by atoms with E-state index >= 15 is 0 Å². The first-order valence-electron chi connectivity index (χ1n) is 9.31. The normalized spacial score (nSPS) is 14.8. The van der Waals surface area contributed by atoms with Gasteiger partial charge in [-0.25, -0.2) is 4.98 Å². The monoisotopic (exact) mass is 339 g/mol. The van der Waals surface area contributed by atoms with Crippen LogP contribution in [0, 0.1) is 13.8 Å². The van der Waals surface area contributed by atoms with Crippen molar-refractivity contribution in [2.75, 3.05) is 37.2 Å². The number of nitrogens with two attached hydrogens (primary N) is 1. The first-order valence-corrected chi connectivity index (χ1v) is 9.31. The van der Waals surface area contributed by atoms with Gasteiger partial charge in [-0.1, -0.05) is 18.2 Å². The fraction of sp³-hybridized carbons (Fsp3) is 0.500. The Morgan fingerprint density at radius 2 is 1.92 bits per heavy atom. The smallest absolute Gasteiger partial charge is 0.222 e. The van der Waals surface area contributed by atoms with Crippen LogP contribution in [0.1, 0.15) is 36.8 Å². The van der Waals surface area contributed by atoms with Gasteiger partial charge in [0.15, 0.2) is 0 Å². The van der Waals surface area contributed by atoms with Crippen LogP contribution < -0.4 is 11.1 Å². The molecule has 1 aliphatic heterocycles. The standard InChI is InChI=1S/C20H29N5/c1-15-8-7-9-17(16(15)2)18-14-19(24-20(21)23-18)22-10-3-4-11-25-12-5-6-13-25/h7-9,14H,3-6,10-13H2,1-2H3,(H3,21,22,23,24). The van der Waals surface area contributed by atoms with Gasteiger partial charge in [-0.15, -0.1) is 0 Å². The van der Waals surface area contributed by atoms with E-state index in [9.17, 15) is 0 Å². The Labute approximate surface area is 150 Å². The van der Waals surface area contributed by atoms with E-state index in [0.717, 1.165) is 30.0 Å². The number of anilines is 2. The van der Waals surface area contributed by atoms with Crippen molar-refractivity contribution in [3.05, 3.63) is 35.4 Å². The minimum absolute atomic E-state index is 0.318. The molecule has 1 aromatic heterocycles. The molecule has 0 unspecified atom stereocenters. The number of aromatic nitrogens is 2. The largest absolute Gasteiger partial charge is 0.370 e. The second-order valence-corrected chi connectivity index (χ2v) is 6.93. The van der Waals surface area contributed by atoms with Gasteiger partial charge in [-0.05, 0) is 70.3 Å². The lowest BCUT2D eigenvalue weighted by atomic mass is 10.0. The highest BCUT2D eigenvalue weighted by Crippen LogP contribution is 2.26. The number of hydrogen-bond donors (Lipinski definition) is 2. The van der Waals surface area contributed by atoms with Gasteiger partial charge in [0, 0.05) is 18.2 Å². The van der Waals surface area contributed by atoms with Crippen LogP contribution in [0.3, 0.4) is 0 Å². The zero-order valence-corrected chi connectivity index (χ0v) is 15.4. The van der Waals surface area contributed by atoms with Crippen molar-refractivity contribution in [3.63, 3.8) is 0 Å². The molecule has 3 N–H and O–H groups in total. The summed E-state index contributed by atoms with van der Waals surface area (Å²) in [6.07, 6.45) is 5.08. The van der Waals surface area contributed by atoms with Crippen molar-refractivity contribution < 1.29 is 0 Å². The topological polar surface area (TPSA) is 67.1 Å². The molecule has 1 aliphatic rings. The van der Waals surface area contributed by atoms with E-state index in [2.05, 4.69) is 52.2 Å². The first kappa shape index (κ1) is 17.7. The van der Waals surface area contributed by atoms with Gasteiger partial charge in [-0.3, -0.25) is 0 Å². The molecular weight excluding hydrogens is 310 g/mol. The van der Waals surface area contributed by atoms with Gasteiger partial charge in [-0.2, -0.15) is 4.98 Å². The summed E-state index contributed by atoms with van der Waals surface area (Å²) in [7, 11) is 0. The molecule has 0 radical (unpaired) electrons. The van der Waals surface area contributed by atoms with Crippen molar-refractivity contribution in [3.8, 4) is 11.3 Å². The number of nitrogen functional groups attached to an aromatic ring is 1. The molecule has 5 heteroatoms. The Kier molecular flexibility index (Phi) is 5.87. The summed E-state index contributed by atoms with van der Waals surface area (Å²) in [4.78, 5) is 11.3. The predicted octanol–water partition coefficient (Wildman–Crippen LogP) is 3.63. The fourth-order valence-electron chi connectivity index (χ4n) is 3.41. The molecule has 1 aromatic carbocycles. The second kappa shape index (κ2) is 8.30. The number of nitrogens with zero attached hydrogens (tertiary/aromatic N) is 3. The summed E-state index contributed by atoms with van der Waals surface area (Å²) >= 11 is 0. The van der Waals surface area contributed by atoms with E-state index in [1.807, 2.05) is 6.07 Å². The number of hydrogen-bond acceptors (Lipinski definition) is 5. The van der Waals surface area contributed by atoms with E-state index in [0.29, 0.717) is 5.95 Å². The minimum atomic E-state index is 0.318. The molecule has 1 saturated heterocycles. The number of aryl methyl sites for hydroxylation is 1. The van der Waals surface area contributed by atoms with Gasteiger partial charge < -0.3 is 16.0 Å². The highest BCUT2D eigenvalue weighted by Gasteiger charge is 2.11. The zero-order valence-electron chi connectivity index (χ0n) is 15.4. The summed E-state index contributed by atoms with van der Waals surface area (Å²) < 4.78 is 0. The first-order chi connectivity index (χ1) is 12.1. The lowest BCUT2D eigenvalue weighted by Gasteiger charge is -2.14. The van der Waals surface area contributed by atoms with Gasteiger partial charge in [0.1, 0.15) is 5.82 Å². The molecule has 3 rings (SSSR count). The molecule has 1 fully saturated rings. The number of likely N-dealkylation sites (tertiary alicyclic amines) is 1. The van der Waals surface area contributed by atoms with Crippen LogP contribution in [0.4, 0.5) is 11.8 Å². The van der Waals surface area contributed by atoms with Crippen LogP contribution >= 0.6 is 0 Å². The molecule has 2 heterocycles. The Bertz CT molecular complexity index is 707. The van der Waals surface area contributed by atoms with Crippen LogP contribution in [0.2, 0.25) is 0 Å². The van der Waals surface area contributed by atoms with Crippen LogP contribution in [0.15, 0.2) is 24.3 Å². The molecule has 0 aliphatic carbocycles. The molecular formula is C20H29N5. The van der Waals surface area contributed by atoms with Crippen LogP contribution in [-0.2, 0) is 0 Å². The summed E-state index contributed by atoms with van der Waals surface area (Å²) in [6, 6.07) is 8.26. The number of rotatable bonds is 7. The van der Waals surface area contributed by atoms with E-state index < -0.39 is 0 Å². The van der Waals surface area contributed by atoms with Crippen molar-refractivity contribution in [1.82, 2.24) is 14.9 Å². The van der Waals surface area contributed by atoms with E-state index in [4.69, 9.17) is 5.73 Å². The van der Waals surface area contributed by atoms with E-state index in [1.54, 1.807) is 0 Å². The maximum absolute atomic E-state index is 5.93. The molecule has 0 saturated carbocycles. The van der Waals surface area contributed by atoms with Crippen LogP contribution in [0.5, 0.6) is 0 Å². The molecule has 0 bridgehead atoms. The molecule has 5 nitrogen and oxygen atoms in total. The average molecular weight is 339 g/mol. The molecule has 0 amide bonds. The maximum Gasteiger partial charge on any atom is 0.222 e. The fourth-order valence-corrected chi connectivity index (χ4v) is 3.41. The highest BCUT2D eigenvalue weighted by atomic mass is 15.1. The number of unbranched alkanes of at least 4 members (excludes halogenated alkanes) is 1. The molecule has 0 spiro atoms. The number of benzene rings is 1. The molecule has 0 atom stereocenters. The highest BCUT2D eigenvalue weighted by molar-refractivity contribution is 5.68. The number of nitrogens with one attached hydrogen (secondary N) is 1. The summed E-state index contributed by atoms with van der Waals surface area (Å²) in [5, 5.41) is 3.41. The third kappa shape index (κ3) is 4.69. The van der Waals surface area contributed by atoms with Crippen LogP contribution in [0.25, 0.3) is 11.3 Å². The minimum Gasteiger partial charge on any atom is -0.370 e. The average Bonchev–Trinajstić information content (AvgIpc) is 3.10. The van der Waals surface area contributed by atoms with Crippen molar-refractivity contribution >= 4 is 11.8 Å². The van der Waals surface area contributed by atoms with Crippen LogP contribution in [-0.4, -0.2) is 41.0 Å². The van der Waals surface area contributed by atoms with Crippen molar-refractivity contribution in [1.29, 1.82) is 0 Å². The Hall–Kier alpha value is -2.14. The van der Waals surface area contributed by atoms with Gasteiger partial charge in [0.2, 0.25) is 5.95 Å². The second-order valence-electron chi connectivity index (χ2n) is 6.93. The molecule has 134 valence electrons. The SMILES string of the molecule is Cc1cccc(-c2cc(NCCCCN3CCCC3)nc(N)n2)c1C. The molecule has 25 heavy (non-hydrogen) atoms. The summed E-state index contributed by atoms with van der Waals surface area (Å²) in [5.41, 5.74) is 10.4. The van der Waals surface area contributed by atoms with Gasteiger partial charge in [0.05, 0.1) is 5.69 Å². The third-order valence-corrected chi connectivity index (χ3v) is 5.03. The Morgan fingerprint density at radius 3 is 2.72 bits per heavy atom. The lowest BCUT2D eigenvalue weighted by molar-refractivity contribution is 0.331. The Balaban J connectivity index is 1.58. The van der Waals surface area contributed by atoms with E-state index in [1.165, 1.54) is 50.0 Å². The Morgan fingerprint density at radius 1 is 1.12 bits per heavy atom.